The third kappa shape index (κ3) is 2.73. The van der Waals surface area contributed by atoms with Crippen LogP contribution in [0, 0.1) is 12.8 Å². The number of nitrogens with zero attached hydrogens (tertiary/aromatic N) is 1. The number of aryl methyl sites for hydroxylation is 1. The van der Waals surface area contributed by atoms with Gasteiger partial charge in [0.25, 0.3) is 0 Å². The summed E-state index contributed by atoms with van der Waals surface area (Å²) in [5, 5.41) is 0. The first-order chi connectivity index (χ1) is 9.63. The molecule has 0 unspecified atom stereocenters. The average Bonchev–Trinajstić information content (AvgIpc) is 2.80. The number of likely N-dealkylation sites (tertiary alicyclic amines) is 1. The van der Waals surface area contributed by atoms with E-state index in [2.05, 4.69) is 26.0 Å². The van der Waals surface area contributed by atoms with Gasteiger partial charge in [0.2, 0.25) is 5.91 Å². The Morgan fingerprint density at radius 3 is 3.00 bits per heavy atom. The molecule has 0 N–H and O–H groups in total. The zero-order valence-corrected chi connectivity index (χ0v) is 12.3. The Labute approximate surface area is 120 Å². The molecule has 0 aromatic heterocycles. The van der Waals surface area contributed by atoms with Gasteiger partial charge in [-0.2, -0.15) is 0 Å². The van der Waals surface area contributed by atoms with Crippen LogP contribution in [0.25, 0.3) is 0 Å². The maximum Gasteiger partial charge on any atom is 0.227 e. The van der Waals surface area contributed by atoms with Crippen LogP contribution < -0.4 is 0 Å². The van der Waals surface area contributed by atoms with Crippen molar-refractivity contribution in [3.05, 3.63) is 35.4 Å². The first-order valence-electron chi connectivity index (χ1n) is 7.61. The van der Waals surface area contributed by atoms with Gasteiger partial charge in [-0.05, 0) is 37.8 Å². The highest BCUT2D eigenvalue weighted by Crippen LogP contribution is 2.32. The van der Waals surface area contributed by atoms with Gasteiger partial charge in [-0.3, -0.25) is 4.79 Å². The molecule has 1 aromatic carbocycles. The zero-order valence-electron chi connectivity index (χ0n) is 12.3. The second-order valence-electron chi connectivity index (χ2n) is 6.21. The van der Waals surface area contributed by atoms with Gasteiger partial charge < -0.3 is 9.64 Å². The normalized spacial score (nSPS) is 29.3. The van der Waals surface area contributed by atoms with Crippen molar-refractivity contribution in [2.45, 2.75) is 45.3 Å². The molecule has 2 aliphatic rings. The predicted octanol–water partition coefficient (Wildman–Crippen LogP) is 2.56. The summed E-state index contributed by atoms with van der Waals surface area (Å²) in [5.74, 6) is 0.803. The Morgan fingerprint density at radius 1 is 1.40 bits per heavy atom. The van der Waals surface area contributed by atoms with Gasteiger partial charge >= 0.3 is 0 Å². The van der Waals surface area contributed by atoms with Crippen LogP contribution in [-0.4, -0.2) is 36.1 Å². The van der Waals surface area contributed by atoms with Crippen LogP contribution in [0.2, 0.25) is 0 Å². The highest BCUT2D eigenvalue weighted by Gasteiger charge is 2.38. The second kappa shape index (κ2) is 5.57. The minimum absolute atomic E-state index is 0.261. The summed E-state index contributed by atoms with van der Waals surface area (Å²) in [5.41, 5.74) is 2.35. The van der Waals surface area contributed by atoms with E-state index in [4.69, 9.17) is 4.74 Å². The van der Waals surface area contributed by atoms with Crippen LogP contribution in [0.3, 0.4) is 0 Å². The fourth-order valence-electron chi connectivity index (χ4n) is 3.51. The SMILES string of the molecule is Cc1ccccc1CC(=O)N1CC[C@@H]2O[C@@H](C)C[C@H]2C1. The molecule has 2 heterocycles. The Balaban J connectivity index is 1.62. The second-order valence-corrected chi connectivity index (χ2v) is 6.21. The molecule has 0 bridgehead atoms. The Hall–Kier alpha value is -1.35. The van der Waals surface area contributed by atoms with E-state index in [-0.39, 0.29) is 5.91 Å². The van der Waals surface area contributed by atoms with Gasteiger partial charge in [0.1, 0.15) is 0 Å². The molecule has 0 spiro atoms. The van der Waals surface area contributed by atoms with Gasteiger partial charge in [-0.1, -0.05) is 24.3 Å². The van der Waals surface area contributed by atoms with Crippen molar-refractivity contribution in [3.8, 4) is 0 Å². The van der Waals surface area contributed by atoms with E-state index >= 15 is 0 Å². The van der Waals surface area contributed by atoms with Crippen LogP contribution in [-0.2, 0) is 16.0 Å². The van der Waals surface area contributed by atoms with Crippen molar-refractivity contribution in [1.82, 2.24) is 4.90 Å². The molecular weight excluding hydrogens is 250 g/mol. The molecule has 20 heavy (non-hydrogen) atoms. The quantitative estimate of drug-likeness (QED) is 0.829. The van der Waals surface area contributed by atoms with Crippen LogP contribution in [0.1, 0.15) is 30.9 Å². The van der Waals surface area contributed by atoms with Gasteiger partial charge in [-0.15, -0.1) is 0 Å². The Kier molecular flexibility index (Phi) is 3.79. The Bertz CT molecular complexity index is 500. The summed E-state index contributed by atoms with van der Waals surface area (Å²) in [4.78, 5) is 14.5. The number of ether oxygens (including phenoxy) is 1. The van der Waals surface area contributed by atoms with Crippen molar-refractivity contribution in [2.24, 2.45) is 5.92 Å². The van der Waals surface area contributed by atoms with Gasteiger partial charge in [-0.25, -0.2) is 0 Å². The van der Waals surface area contributed by atoms with Crippen LogP contribution >= 0.6 is 0 Å². The fraction of sp³-hybridized carbons (Fsp3) is 0.588. The highest BCUT2D eigenvalue weighted by atomic mass is 16.5. The number of amides is 1. The molecule has 3 rings (SSSR count). The van der Waals surface area contributed by atoms with E-state index in [0.29, 0.717) is 24.5 Å². The minimum atomic E-state index is 0.261. The molecule has 1 amide bonds. The molecular formula is C17H23NO2. The van der Waals surface area contributed by atoms with Crippen molar-refractivity contribution >= 4 is 5.91 Å². The van der Waals surface area contributed by atoms with Crippen molar-refractivity contribution < 1.29 is 9.53 Å². The molecule has 3 heteroatoms. The van der Waals surface area contributed by atoms with E-state index in [1.807, 2.05) is 17.0 Å². The topological polar surface area (TPSA) is 29.5 Å². The smallest absolute Gasteiger partial charge is 0.227 e. The largest absolute Gasteiger partial charge is 0.375 e. The lowest BCUT2D eigenvalue weighted by Crippen LogP contribution is -2.45. The molecule has 2 saturated heterocycles. The average molecular weight is 273 g/mol. The maximum absolute atomic E-state index is 12.5. The highest BCUT2D eigenvalue weighted by molar-refractivity contribution is 5.79. The lowest BCUT2D eigenvalue weighted by molar-refractivity contribution is -0.133. The number of fused-ring (bicyclic) bond motifs is 1. The molecule has 3 atom stereocenters. The minimum Gasteiger partial charge on any atom is -0.375 e. The van der Waals surface area contributed by atoms with Crippen molar-refractivity contribution in [3.63, 3.8) is 0 Å². The maximum atomic E-state index is 12.5. The molecule has 1 aromatic rings. The number of benzene rings is 1. The Morgan fingerprint density at radius 2 is 2.20 bits per heavy atom. The third-order valence-corrected chi connectivity index (χ3v) is 4.66. The van der Waals surface area contributed by atoms with Crippen molar-refractivity contribution in [1.29, 1.82) is 0 Å². The standard InChI is InChI=1S/C17H23NO2/c1-12-5-3-4-6-14(12)10-17(19)18-8-7-16-15(11-18)9-13(2)20-16/h3-6,13,15-16H,7-11H2,1-2H3/t13-,15-,16-/m0/s1. The molecule has 2 fully saturated rings. The number of carbonyl (C=O) groups excluding carboxylic acids is 1. The monoisotopic (exact) mass is 273 g/mol. The summed E-state index contributed by atoms with van der Waals surface area (Å²) in [6.45, 7) is 5.93. The van der Waals surface area contributed by atoms with E-state index in [9.17, 15) is 4.79 Å². The molecule has 3 nitrogen and oxygen atoms in total. The molecule has 108 valence electrons. The summed E-state index contributed by atoms with van der Waals surface area (Å²) in [6, 6.07) is 8.16. The van der Waals surface area contributed by atoms with E-state index in [1.165, 1.54) is 5.56 Å². The lowest BCUT2D eigenvalue weighted by Gasteiger charge is -2.34. The predicted molar refractivity (Wildman–Crippen MR) is 78.5 cm³/mol. The van der Waals surface area contributed by atoms with E-state index in [0.717, 1.165) is 31.5 Å². The number of carbonyl (C=O) groups is 1. The van der Waals surface area contributed by atoms with Crippen LogP contribution in [0.5, 0.6) is 0 Å². The van der Waals surface area contributed by atoms with Crippen molar-refractivity contribution in [2.75, 3.05) is 13.1 Å². The van der Waals surface area contributed by atoms with Crippen LogP contribution in [0.15, 0.2) is 24.3 Å². The number of hydrogen-bond acceptors (Lipinski definition) is 2. The number of hydrogen-bond donors (Lipinski definition) is 0. The number of piperidine rings is 1. The van der Waals surface area contributed by atoms with E-state index in [1.54, 1.807) is 0 Å². The number of rotatable bonds is 2. The third-order valence-electron chi connectivity index (χ3n) is 4.66. The molecule has 0 radical (unpaired) electrons. The summed E-state index contributed by atoms with van der Waals surface area (Å²) >= 11 is 0. The van der Waals surface area contributed by atoms with Crippen LogP contribution in [0.4, 0.5) is 0 Å². The first kappa shape index (κ1) is 13.6. The lowest BCUT2D eigenvalue weighted by atomic mass is 9.92. The van der Waals surface area contributed by atoms with Gasteiger partial charge in [0.15, 0.2) is 0 Å². The fourth-order valence-corrected chi connectivity index (χ4v) is 3.51. The zero-order chi connectivity index (χ0) is 14.1. The van der Waals surface area contributed by atoms with E-state index < -0.39 is 0 Å². The summed E-state index contributed by atoms with van der Waals surface area (Å²) < 4.78 is 5.89. The first-order valence-corrected chi connectivity index (χ1v) is 7.61. The molecule has 0 aliphatic carbocycles. The van der Waals surface area contributed by atoms with Gasteiger partial charge in [0, 0.05) is 19.0 Å². The molecule has 2 aliphatic heterocycles. The summed E-state index contributed by atoms with van der Waals surface area (Å²) in [6.07, 6.45) is 3.36. The molecule has 0 saturated carbocycles. The van der Waals surface area contributed by atoms with Gasteiger partial charge in [0.05, 0.1) is 18.6 Å². The summed E-state index contributed by atoms with van der Waals surface area (Å²) in [7, 11) is 0.